The topological polar surface area (TPSA) is 57.3 Å². The van der Waals surface area contributed by atoms with Crippen LogP contribution in [-0.2, 0) is 11.0 Å². The van der Waals surface area contributed by atoms with Crippen LogP contribution in [-0.4, -0.2) is 43.6 Å². The van der Waals surface area contributed by atoms with Crippen LogP contribution in [0.2, 0.25) is 0 Å². The van der Waals surface area contributed by atoms with Gasteiger partial charge in [0.05, 0.1) is 12.1 Å². The number of halogens is 4. The van der Waals surface area contributed by atoms with E-state index in [1.165, 1.54) is 6.07 Å². The number of piperidine rings is 1. The van der Waals surface area contributed by atoms with Crippen molar-refractivity contribution in [1.29, 1.82) is 0 Å². The molecule has 1 aliphatic heterocycles. The third-order valence-corrected chi connectivity index (χ3v) is 3.60. The normalized spacial score (nSPS) is 15.9. The number of nitrogens with one attached hydrogen (secondary N) is 2. The van der Waals surface area contributed by atoms with Crippen molar-refractivity contribution in [3.8, 4) is 0 Å². The summed E-state index contributed by atoms with van der Waals surface area (Å²) in [5.41, 5.74) is -0.745. The predicted molar refractivity (Wildman–Crippen MR) is 83.8 cm³/mol. The van der Waals surface area contributed by atoms with Gasteiger partial charge in [-0.05, 0) is 32.0 Å². The summed E-state index contributed by atoms with van der Waals surface area (Å²) in [6.07, 6.45) is -2.01. The number of carbonyl (C=O) groups excluding carboxylic acids is 1. The van der Waals surface area contributed by atoms with E-state index in [4.69, 9.17) is 0 Å². The molecule has 1 aromatic heterocycles. The van der Waals surface area contributed by atoms with Gasteiger partial charge in [-0.25, -0.2) is 4.98 Å². The minimum atomic E-state index is -4.36. The number of hydrogen-bond acceptors (Lipinski definition) is 4. The predicted octanol–water partition coefficient (Wildman–Crippen LogP) is 1.83. The molecule has 0 spiro atoms. The SMILES string of the molecule is CNCC(=O)NC1CCN(c2ccc(C(F)(F)F)cn2)CC1.Cl. The molecule has 5 nitrogen and oxygen atoms in total. The minimum Gasteiger partial charge on any atom is -0.356 e. The Kier molecular flexibility index (Phi) is 7.08. The Labute approximate surface area is 139 Å². The summed E-state index contributed by atoms with van der Waals surface area (Å²) >= 11 is 0. The Hall–Kier alpha value is -1.54. The first kappa shape index (κ1) is 19.5. The second kappa shape index (κ2) is 8.35. The van der Waals surface area contributed by atoms with Gasteiger partial charge in [0.2, 0.25) is 5.91 Å². The zero-order chi connectivity index (χ0) is 16.2. The average Bonchev–Trinajstić information content (AvgIpc) is 2.47. The summed E-state index contributed by atoms with van der Waals surface area (Å²) in [5.74, 6) is 0.488. The fourth-order valence-electron chi connectivity index (χ4n) is 2.43. The van der Waals surface area contributed by atoms with Gasteiger partial charge < -0.3 is 15.5 Å². The maximum atomic E-state index is 12.5. The van der Waals surface area contributed by atoms with Crippen LogP contribution in [0.1, 0.15) is 18.4 Å². The summed E-state index contributed by atoms with van der Waals surface area (Å²) in [5, 5.41) is 5.71. The van der Waals surface area contributed by atoms with Crippen molar-refractivity contribution in [3.05, 3.63) is 23.9 Å². The first-order valence-electron chi connectivity index (χ1n) is 7.12. The fraction of sp³-hybridized carbons (Fsp3) is 0.571. The van der Waals surface area contributed by atoms with Crippen molar-refractivity contribution < 1.29 is 18.0 Å². The van der Waals surface area contributed by atoms with Crippen molar-refractivity contribution in [1.82, 2.24) is 15.6 Å². The van der Waals surface area contributed by atoms with Crippen molar-refractivity contribution >= 4 is 24.1 Å². The molecule has 0 aromatic carbocycles. The van der Waals surface area contributed by atoms with Crippen molar-refractivity contribution in [2.75, 3.05) is 31.6 Å². The molecule has 1 aromatic rings. The van der Waals surface area contributed by atoms with Gasteiger partial charge in [0.25, 0.3) is 0 Å². The number of rotatable bonds is 4. The van der Waals surface area contributed by atoms with Gasteiger partial charge in [-0.1, -0.05) is 0 Å². The number of pyridine rings is 1. The van der Waals surface area contributed by atoms with Gasteiger partial charge in [0, 0.05) is 25.3 Å². The van der Waals surface area contributed by atoms with Crippen LogP contribution in [0.15, 0.2) is 18.3 Å². The van der Waals surface area contributed by atoms with Gasteiger partial charge in [0.15, 0.2) is 0 Å². The Morgan fingerprint density at radius 1 is 1.35 bits per heavy atom. The summed E-state index contributed by atoms with van der Waals surface area (Å²) in [6, 6.07) is 2.54. The molecule has 0 aliphatic carbocycles. The van der Waals surface area contributed by atoms with E-state index >= 15 is 0 Å². The van der Waals surface area contributed by atoms with E-state index in [1.54, 1.807) is 7.05 Å². The number of anilines is 1. The van der Waals surface area contributed by atoms with Gasteiger partial charge in [0.1, 0.15) is 5.82 Å². The highest BCUT2D eigenvalue weighted by Crippen LogP contribution is 2.29. The third kappa shape index (κ3) is 5.54. The lowest BCUT2D eigenvalue weighted by molar-refractivity contribution is -0.137. The van der Waals surface area contributed by atoms with Crippen molar-refractivity contribution in [2.24, 2.45) is 0 Å². The van der Waals surface area contributed by atoms with E-state index in [2.05, 4.69) is 15.6 Å². The van der Waals surface area contributed by atoms with Gasteiger partial charge >= 0.3 is 6.18 Å². The molecule has 0 atom stereocenters. The van der Waals surface area contributed by atoms with Crippen LogP contribution in [0, 0.1) is 0 Å². The van der Waals surface area contributed by atoms with E-state index in [1.807, 2.05) is 4.90 Å². The number of likely N-dealkylation sites (N-methyl/N-ethyl adjacent to an activating group) is 1. The highest BCUT2D eigenvalue weighted by molar-refractivity contribution is 5.85. The summed E-state index contributed by atoms with van der Waals surface area (Å²) in [7, 11) is 1.71. The van der Waals surface area contributed by atoms with E-state index < -0.39 is 11.7 Å². The highest BCUT2D eigenvalue weighted by atomic mass is 35.5. The van der Waals surface area contributed by atoms with Gasteiger partial charge in [-0.2, -0.15) is 13.2 Å². The molecule has 2 rings (SSSR count). The third-order valence-electron chi connectivity index (χ3n) is 3.60. The highest BCUT2D eigenvalue weighted by Gasteiger charge is 2.31. The minimum absolute atomic E-state index is 0. The zero-order valence-corrected chi connectivity index (χ0v) is 13.5. The molecule has 23 heavy (non-hydrogen) atoms. The Balaban J connectivity index is 0.00000264. The molecule has 1 aliphatic rings. The lowest BCUT2D eigenvalue weighted by atomic mass is 10.0. The molecule has 1 amide bonds. The second-order valence-corrected chi connectivity index (χ2v) is 5.26. The van der Waals surface area contributed by atoms with Crippen molar-refractivity contribution in [3.63, 3.8) is 0 Å². The van der Waals surface area contributed by atoms with E-state index in [0.29, 0.717) is 18.9 Å². The van der Waals surface area contributed by atoms with Crippen molar-refractivity contribution in [2.45, 2.75) is 25.1 Å². The van der Waals surface area contributed by atoms with Crippen LogP contribution in [0.4, 0.5) is 19.0 Å². The molecule has 130 valence electrons. The molecule has 1 saturated heterocycles. The van der Waals surface area contributed by atoms with Crippen LogP contribution in [0.5, 0.6) is 0 Å². The fourth-order valence-corrected chi connectivity index (χ4v) is 2.43. The first-order chi connectivity index (χ1) is 10.4. The number of alkyl halides is 3. The van der Waals surface area contributed by atoms with Crippen LogP contribution in [0.25, 0.3) is 0 Å². The van der Waals surface area contributed by atoms with Crippen LogP contribution in [0.3, 0.4) is 0 Å². The number of aromatic nitrogens is 1. The number of hydrogen-bond donors (Lipinski definition) is 2. The first-order valence-corrected chi connectivity index (χ1v) is 7.12. The number of carbonyl (C=O) groups is 1. The summed E-state index contributed by atoms with van der Waals surface area (Å²) < 4.78 is 37.5. The van der Waals surface area contributed by atoms with Gasteiger partial charge in [-0.15, -0.1) is 12.4 Å². The molecule has 0 bridgehead atoms. The largest absolute Gasteiger partial charge is 0.417 e. The molecule has 1 fully saturated rings. The molecular weight excluding hydrogens is 333 g/mol. The maximum absolute atomic E-state index is 12.5. The average molecular weight is 353 g/mol. The lowest BCUT2D eigenvalue weighted by Crippen LogP contribution is -2.46. The molecule has 9 heteroatoms. The molecule has 2 heterocycles. The molecular formula is C14H20ClF3N4O. The summed E-state index contributed by atoms with van der Waals surface area (Å²) in [6.45, 7) is 1.59. The summed E-state index contributed by atoms with van der Waals surface area (Å²) in [4.78, 5) is 17.3. The standard InChI is InChI=1S/C14H19F3N4O.ClH/c1-18-9-13(22)20-11-4-6-21(7-5-11)12-3-2-10(8-19-12)14(15,16)17;/h2-3,8,11,18H,4-7,9H2,1H3,(H,20,22);1H. The molecule has 2 N–H and O–H groups in total. The number of nitrogens with zero attached hydrogens (tertiary/aromatic N) is 2. The van der Waals surface area contributed by atoms with Crippen LogP contribution < -0.4 is 15.5 Å². The molecule has 0 unspecified atom stereocenters. The maximum Gasteiger partial charge on any atom is 0.417 e. The zero-order valence-electron chi connectivity index (χ0n) is 12.7. The Bertz CT molecular complexity index is 502. The monoisotopic (exact) mass is 352 g/mol. The van der Waals surface area contributed by atoms with E-state index in [9.17, 15) is 18.0 Å². The Morgan fingerprint density at radius 3 is 2.48 bits per heavy atom. The van der Waals surface area contributed by atoms with E-state index in [0.717, 1.165) is 25.1 Å². The number of amides is 1. The smallest absolute Gasteiger partial charge is 0.356 e. The molecule has 0 radical (unpaired) electrons. The Morgan fingerprint density at radius 2 is 2.00 bits per heavy atom. The molecule has 0 saturated carbocycles. The van der Waals surface area contributed by atoms with E-state index in [-0.39, 0.29) is 30.9 Å². The quantitative estimate of drug-likeness (QED) is 0.868. The second-order valence-electron chi connectivity index (χ2n) is 5.26. The van der Waals surface area contributed by atoms with Gasteiger partial charge in [-0.3, -0.25) is 4.79 Å². The lowest BCUT2D eigenvalue weighted by Gasteiger charge is -2.33. The van der Waals surface area contributed by atoms with Crippen LogP contribution >= 0.6 is 12.4 Å².